The second kappa shape index (κ2) is 4.32. The minimum absolute atomic E-state index is 0.531. The van der Waals surface area contributed by atoms with Crippen molar-refractivity contribution < 1.29 is 0 Å². The lowest BCUT2D eigenvalue weighted by Gasteiger charge is -2.13. The fourth-order valence-electron chi connectivity index (χ4n) is 1.61. The molecule has 14 heavy (non-hydrogen) atoms. The van der Waals surface area contributed by atoms with Gasteiger partial charge in [0.25, 0.3) is 0 Å². The van der Waals surface area contributed by atoms with Crippen molar-refractivity contribution in [3.05, 3.63) is 35.9 Å². The van der Waals surface area contributed by atoms with E-state index in [1.165, 1.54) is 5.56 Å². The van der Waals surface area contributed by atoms with Crippen LogP contribution < -0.4 is 0 Å². The first-order valence-electron chi connectivity index (χ1n) is 4.81. The first-order chi connectivity index (χ1) is 6.81. The normalized spacial score (nSPS) is 21.6. The van der Waals surface area contributed by atoms with E-state index in [1.807, 2.05) is 11.8 Å². The molecular formula is C11H13NS2. The average Bonchev–Trinajstić information content (AvgIpc) is 2.61. The molecule has 0 bridgehead atoms. The lowest BCUT2D eigenvalue weighted by Crippen LogP contribution is -2.22. The van der Waals surface area contributed by atoms with Crippen LogP contribution in [0.2, 0.25) is 0 Å². The second-order valence-electron chi connectivity index (χ2n) is 3.32. The Morgan fingerprint density at radius 3 is 2.71 bits per heavy atom. The van der Waals surface area contributed by atoms with E-state index in [2.05, 4.69) is 42.2 Å². The molecule has 1 aliphatic heterocycles. The highest BCUT2D eigenvalue weighted by molar-refractivity contribution is 8.23. The van der Waals surface area contributed by atoms with Gasteiger partial charge < -0.3 is 4.90 Å². The van der Waals surface area contributed by atoms with E-state index < -0.39 is 0 Å². The quantitative estimate of drug-likeness (QED) is 0.709. The molecule has 74 valence electrons. The Labute approximate surface area is 94.5 Å². The Morgan fingerprint density at radius 2 is 2.14 bits per heavy atom. The Hall–Kier alpha value is -0.540. The third-order valence-corrected chi connectivity index (χ3v) is 4.15. The molecule has 0 radical (unpaired) electrons. The predicted molar refractivity (Wildman–Crippen MR) is 66.6 cm³/mol. The molecule has 1 unspecified atom stereocenters. The Morgan fingerprint density at radius 1 is 1.43 bits per heavy atom. The highest BCUT2D eigenvalue weighted by Crippen LogP contribution is 2.37. The molecule has 3 heteroatoms. The molecule has 1 fully saturated rings. The molecule has 0 spiro atoms. The van der Waals surface area contributed by atoms with Gasteiger partial charge in [0.2, 0.25) is 0 Å². The molecule has 1 aliphatic rings. The summed E-state index contributed by atoms with van der Waals surface area (Å²) < 4.78 is 1.04. The molecule has 2 rings (SSSR count). The van der Waals surface area contributed by atoms with Crippen molar-refractivity contribution in [2.24, 2.45) is 0 Å². The Bertz CT molecular complexity index is 323. The number of benzene rings is 1. The molecule has 1 aromatic carbocycles. The number of thiocarbonyl (C=S) groups is 1. The summed E-state index contributed by atoms with van der Waals surface area (Å²) in [5, 5.41) is 0.531. The summed E-state index contributed by atoms with van der Waals surface area (Å²) in [5.74, 6) is 0. The smallest absolute Gasteiger partial charge is 0.137 e. The van der Waals surface area contributed by atoms with Crippen molar-refractivity contribution in [3.63, 3.8) is 0 Å². The number of rotatable bonds is 2. The summed E-state index contributed by atoms with van der Waals surface area (Å²) in [4.78, 5) is 2.26. The maximum atomic E-state index is 5.31. The molecule has 0 N–H and O–H groups in total. The SMILES string of the molecule is CCN1CC(c2ccccc2)SC1=S. The van der Waals surface area contributed by atoms with Gasteiger partial charge in [-0.25, -0.2) is 0 Å². The molecule has 1 aromatic rings. The molecule has 0 aliphatic carbocycles. The molecule has 0 amide bonds. The molecule has 1 atom stereocenters. The fourth-order valence-corrected chi connectivity index (χ4v) is 3.30. The van der Waals surface area contributed by atoms with E-state index in [9.17, 15) is 0 Å². The third kappa shape index (κ3) is 1.93. The molecule has 1 heterocycles. The maximum Gasteiger partial charge on any atom is 0.137 e. The van der Waals surface area contributed by atoms with E-state index >= 15 is 0 Å². The summed E-state index contributed by atoms with van der Waals surface area (Å²) >= 11 is 7.11. The fraction of sp³-hybridized carbons (Fsp3) is 0.364. The van der Waals surface area contributed by atoms with Crippen LogP contribution in [0.1, 0.15) is 17.7 Å². The molecule has 0 aromatic heterocycles. The summed E-state index contributed by atoms with van der Waals surface area (Å²) in [5.41, 5.74) is 1.39. The van der Waals surface area contributed by atoms with E-state index in [4.69, 9.17) is 12.2 Å². The van der Waals surface area contributed by atoms with Crippen LogP contribution in [0, 0.1) is 0 Å². The zero-order valence-electron chi connectivity index (χ0n) is 8.14. The van der Waals surface area contributed by atoms with E-state index in [0.717, 1.165) is 17.4 Å². The van der Waals surface area contributed by atoms with Gasteiger partial charge in [0, 0.05) is 13.1 Å². The van der Waals surface area contributed by atoms with Gasteiger partial charge in [-0.1, -0.05) is 54.3 Å². The summed E-state index contributed by atoms with van der Waals surface area (Å²) in [6.07, 6.45) is 0. The van der Waals surface area contributed by atoms with E-state index in [1.54, 1.807) is 0 Å². The summed E-state index contributed by atoms with van der Waals surface area (Å²) in [7, 11) is 0. The standard InChI is InChI=1S/C11H13NS2/c1-2-12-8-10(14-11(12)13)9-6-4-3-5-7-9/h3-7,10H,2,8H2,1H3. The zero-order chi connectivity index (χ0) is 9.97. The number of likely N-dealkylation sites (N-methyl/N-ethyl adjacent to an activating group) is 1. The van der Waals surface area contributed by atoms with Crippen molar-refractivity contribution in [2.75, 3.05) is 13.1 Å². The van der Waals surface area contributed by atoms with E-state index in [0.29, 0.717) is 5.25 Å². The molecular weight excluding hydrogens is 210 g/mol. The van der Waals surface area contributed by atoms with Gasteiger partial charge in [-0.2, -0.15) is 0 Å². The monoisotopic (exact) mass is 223 g/mol. The van der Waals surface area contributed by atoms with Crippen molar-refractivity contribution in [1.29, 1.82) is 0 Å². The minimum Gasteiger partial charge on any atom is -0.356 e. The zero-order valence-corrected chi connectivity index (χ0v) is 9.78. The molecule has 1 saturated heterocycles. The lowest BCUT2D eigenvalue weighted by atomic mass is 10.1. The van der Waals surface area contributed by atoms with Crippen LogP contribution in [0.4, 0.5) is 0 Å². The number of thioether (sulfide) groups is 1. The van der Waals surface area contributed by atoms with Crippen LogP contribution in [0.15, 0.2) is 30.3 Å². The van der Waals surface area contributed by atoms with Gasteiger partial charge in [-0.3, -0.25) is 0 Å². The van der Waals surface area contributed by atoms with Crippen molar-refractivity contribution in [3.8, 4) is 0 Å². The second-order valence-corrected chi connectivity index (χ2v) is 5.16. The van der Waals surface area contributed by atoms with Gasteiger partial charge in [-0.15, -0.1) is 0 Å². The van der Waals surface area contributed by atoms with Crippen molar-refractivity contribution in [1.82, 2.24) is 4.90 Å². The summed E-state index contributed by atoms with van der Waals surface area (Å²) in [6, 6.07) is 10.6. The highest BCUT2D eigenvalue weighted by atomic mass is 32.2. The number of hydrogen-bond acceptors (Lipinski definition) is 2. The van der Waals surface area contributed by atoms with Crippen LogP contribution in [-0.2, 0) is 0 Å². The van der Waals surface area contributed by atoms with Gasteiger partial charge in [0.1, 0.15) is 4.32 Å². The topological polar surface area (TPSA) is 3.24 Å². The largest absolute Gasteiger partial charge is 0.356 e. The maximum absolute atomic E-state index is 5.31. The van der Waals surface area contributed by atoms with Crippen LogP contribution in [0.25, 0.3) is 0 Å². The van der Waals surface area contributed by atoms with Gasteiger partial charge in [0.05, 0.1) is 5.25 Å². The van der Waals surface area contributed by atoms with Crippen LogP contribution in [0.5, 0.6) is 0 Å². The predicted octanol–water partition coefficient (Wildman–Crippen LogP) is 3.08. The molecule has 1 nitrogen and oxygen atoms in total. The lowest BCUT2D eigenvalue weighted by molar-refractivity contribution is 0.469. The van der Waals surface area contributed by atoms with E-state index in [-0.39, 0.29) is 0 Å². The first kappa shape index (κ1) is 9.99. The number of nitrogens with zero attached hydrogens (tertiary/aromatic N) is 1. The van der Waals surface area contributed by atoms with Crippen molar-refractivity contribution >= 4 is 28.3 Å². The Balaban J connectivity index is 2.13. The number of hydrogen-bond donors (Lipinski definition) is 0. The van der Waals surface area contributed by atoms with Crippen molar-refractivity contribution in [2.45, 2.75) is 12.2 Å². The third-order valence-electron chi connectivity index (χ3n) is 2.44. The van der Waals surface area contributed by atoms with Crippen LogP contribution in [0.3, 0.4) is 0 Å². The minimum atomic E-state index is 0.531. The van der Waals surface area contributed by atoms with Gasteiger partial charge in [0.15, 0.2) is 0 Å². The van der Waals surface area contributed by atoms with Gasteiger partial charge in [-0.05, 0) is 12.5 Å². The molecule has 0 saturated carbocycles. The highest BCUT2D eigenvalue weighted by Gasteiger charge is 2.27. The Kier molecular flexibility index (Phi) is 3.08. The average molecular weight is 223 g/mol. The van der Waals surface area contributed by atoms with Crippen LogP contribution >= 0.6 is 24.0 Å². The first-order valence-corrected chi connectivity index (χ1v) is 6.10. The van der Waals surface area contributed by atoms with Crippen LogP contribution in [-0.4, -0.2) is 22.3 Å². The van der Waals surface area contributed by atoms with Gasteiger partial charge >= 0.3 is 0 Å². The summed E-state index contributed by atoms with van der Waals surface area (Å²) in [6.45, 7) is 4.24.